The second kappa shape index (κ2) is 5.87. The van der Waals surface area contributed by atoms with Gasteiger partial charge < -0.3 is 9.72 Å². The molecule has 5 nitrogen and oxygen atoms in total. The maximum Gasteiger partial charge on any atom is 0.418 e. The van der Waals surface area contributed by atoms with Crippen molar-refractivity contribution in [3.63, 3.8) is 0 Å². The summed E-state index contributed by atoms with van der Waals surface area (Å²) < 4.78 is 45.1. The number of aliphatic imine (C=N–C) groups is 1. The fraction of sp³-hybridized carbons (Fsp3) is 0.235. The van der Waals surface area contributed by atoms with Crippen molar-refractivity contribution in [2.75, 3.05) is 6.61 Å². The third-order valence-corrected chi connectivity index (χ3v) is 4.14. The molecule has 0 amide bonds. The Morgan fingerprint density at radius 2 is 2.08 bits per heavy atom. The first kappa shape index (κ1) is 15.6. The number of aromatic amines is 1. The van der Waals surface area contributed by atoms with Crippen molar-refractivity contribution < 1.29 is 17.9 Å². The van der Waals surface area contributed by atoms with E-state index in [4.69, 9.17) is 4.74 Å². The van der Waals surface area contributed by atoms with E-state index in [0.29, 0.717) is 13.0 Å². The molecule has 1 N–H and O–H groups in total. The highest BCUT2D eigenvalue weighted by atomic mass is 19.4. The lowest BCUT2D eigenvalue weighted by molar-refractivity contribution is -0.136. The van der Waals surface area contributed by atoms with Gasteiger partial charge in [0, 0.05) is 23.9 Å². The fourth-order valence-electron chi connectivity index (χ4n) is 2.95. The van der Waals surface area contributed by atoms with Gasteiger partial charge in [-0.05, 0) is 12.5 Å². The van der Waals surface area contributed by atoms with Crippen molar-refractivity contribution in [1.29, 1.82) is 0 Å². The molecule has 1 aliphatic rings. The lowest BCUT2D eigenvalue weighted by Gasteiger charge is -2.22. The minimum atomic E-state index is -4.50. The molecule has 3 heterocycles. The Balaban J connectivity index is 1.75. The van der Waals surface area contributed by atoms with E-state index < -0.39 is 11.7 Å². The van der Waals surface area contributed by atoms with Crippen LogP contribution in [0.4, 0.5) is 19.0 Å². The summed E-state index contributed by atoms with van der Waals surface area (Å²) in [5, 5.41) is -0.119. The molecule has 1 unspecified atom stereocenters. The van der Waals surface area contributed by atoms with Crippen LogP contribution in [0.15, 0.2) is 41.8 Å². The molecule has 2 aromatic heterocycles. The van der Waals surface area contributed by atoms with E-state index in [0.717, 1.165) is 17.5 Å². The molecule has 0 radical (unpaired) electrons. The van der Waals surface area contributed by atoms with E-state index in [2.05, 4.69) is 19.9 Å². The highest BCUT2D eigenvalue weighted by Gasteiger charge is 2.35. The quantitative estimate of drug-likeness (QED) is 0.706. The summed E-state index contributed by atoms with van der Waals surface area (Å²) in [5.74, 6) is 0.737. The molecule has 0 aliphatic carbocycles. The monoisotopic (exact) mass is 346 g/mol. The Morgan fingerprint density at radius 3 is 2.92 bits per heavy atom. The van der Waals surface area contributed by atoms with Gasteiger partial charge in [0.25, 0.3) is 0 Å². The summed E-state index contributed by atoms with van der Waals surface area (Å²) in [5.41, 5.74) is 0.261. The Kier molecular flexibility index (Phi) is 3.67. The molecular weight excluding hydrogens is 333 g/mol. The standard InChI is InChI=1S/C17H13F3N4O/c18-17(19,20)12-8-22-16-14(12)15(23-9-24-16)21-7-10-5-6-25-13-4-2-1-3-11(10)13/h1-4,7-10H,5-6H2,(H,22,23,24)/b21-7-. The van der Waals surface area contributed by atoms with Crippen LogP contribution >= 0.6 is 0 Å². The molecule has 0 saturated carbocycles. The molecule has 128 valence electrons. The van der Waals surface area contributed by atoms with Crippen LogP contribution in [0.5, 0.6) is 5.75 Å². The zero-order chi connectivity index (χ0) is 17.4. The van der Waals surface area contributed by atoms with Crippen molar-refractivity contribution in [2.24, 2.45) is 4.99 Å². The van der Waals surface area contributed by atoms with E-state index in [1.54, 1.807) is 6.21 Å². The molecule has 3 aromatic rings. The lowest BCUT2D eigenvalue weighted by Crippen LogP contribution is -2.14. The van der Waals surface area contributed by atoms with Crippen LogP contribution in [0.3, 0.4) is 0 Å². The van der Waals surface area contributed by atoms with E-state index in [-0.39, 0.29) is 22.8 Å². The van der Waals surface area contributed by atoms with Crippen molar-refractivity contribution in [3.05, 3.63) is 47.9 Å². The molecule has 8 heteroatoms. The molecule has 1 aromatic carbocycles. The number of aromatic nitrogens is 3. The van der Waals surface area contributed by atoms with Crippen LogP contribution in [-0.2, 0) is 6.18 Å². The summed E-state index contributed by atoms with van der Waals surface area (Å²) in [4.78, 5) is 14.6. The molecule has 4 rings (SSSR count). The number of para-hydroxylation sites is 1. The Bertz CT molecular complexity index is 948. The van der Waals surface area contributed by atoms with Crippen LogP contribution in [0.2, 0.25) is 0 Å². The largest absolute Gasteiger partial charge is 0.493 e. The third kappa shape index (κ3) is 2.84. The number of ether oxygens (including phenoxy) is 1. The molecule has 0 fully saturated rings. The highest BCUT2D eigenvalue weighted by molar-refractivity contribution is 5.91. The molecule has 0 bridgehead atoms. The average molecular weight is 346 g/mol. The van der Waals surface area contributed by atoms with Crippen LogP contribution in [0, 0.1) is 0 Å². The van der Waals surface area contributed by atoms with Crippen molar-refractivity contribution >= 4 is 23.1 Å². The number of halogens is 3. The molecule has 25 heavy (non-hydrogen) atoms. The molecule has 0 spiro atoms. The first-order valence-electron chi connectivity index (χ1n) is 7.69. The zero-order valence-electron chi connectivity index (χ0n) is 12.9. The third-order valence-electron chi connectivity index (χ3n) is 4.14. The molecule has 1 aliphatic heterocycles. The second-order valence-corrected chi connectivity index (χ2v) is 5.68. The normalized spacial score (nSPS) is 17.6. The smallest absolute Gasteiger partial charge is 0.418 e. The first-order chi connectivity index (χ1) is 12.0. The van der Waals surface area contributed by atoms with Crippen LogP contribution in [0.1, 0.15) is 23.5 Å². The number of rotatable bonds is 2. The minimum absolute atomic E-state index is 0.00236. The van der Waals surface area contributed by atoms with E-state index in [1.807, 2.05) is 24.3 Å². The minimum Gasteiger partial charge on any atom is -0.493 e. The van der Waals surface area contributed by atoms with Gasteiger partial charge in [-0.1, -0.05) is 18.2 Å². The van der Waals surface area contributed by atoms with Gasteiger partial charge in [-0.25, -0.2) is 15.0 Å². The Hall–Kier alpha value is -2.90. The van der Waals surface area contributed by atoms with Gasteiger partial charge in [-0.2, -0.15) is 13.2 Å². The molecule has 1 atom stereocenters. The summed E-state index contributed by atoms with van der Waals surface area (Å²) in [6.07, 6.45) is -0.0749. The van der Waals surface area contributed by atoms with Crippen molar-refractivity contribution in [3.8, 4) is 5.75 Å². The van der Waals surface area contributed by atoms with E-state index >= 15 is 0 Å². The van der Waals surface area contributed by atoms with E-state index in [1.165, 1.54) is 6.33 Å². The number of H-pyrrole nitrogens is 1. The second-order valence-electron chi connectivity index (χ2n) is 5.68. The maximum absolute atomic E-state index is 13.2. The van der Waals surface area contributed by atoms with Crippen molar-refractivity contribution in [1.82, 2.24) is 15.0 Å². The zero-order valence-corrected chi connectivity index (χ0v) is 12.9. The number of fused-ring (bicyclic) bond motifs is 2. The van der Waals surface area contributed by atoms with Crippen LogP contribution in [-0.4, -0.2) is 27.8 Å². The summed E-state index contributed by atoms with van der Waals surface area (Å²) in [7, 11) is 0. The van der Waals surface area contributed by atoms with Gasteiger partial charge in [0.05, 0.1) is 17.6 Å². The highest BCUT2D eigenvalue weighted by Crippen LogP contribution is 2.38. The van der Waals surface area contributed by atoms with Gasteiger partial charge in [0.15, 0.2) is 5.82 Å². The van der Waals surface area contributed by atoms with Crippen molar-refractivity contribution in [2.45, 2.75) is 18.5 Å². The van der Waals surface area contributed by atoms with Gasteiger partial charge in [-0.3, -0.25) is 0 Å². The van der Waals surface area contributed by atoms with Gasteiger partial charge >= 0.3 is 6.18 Å². The predicted octanol–water partition coefficient (Wildman–Crippen LogP) is 4.25. The Morgan fingerprint density at radius 1 is 1.24 bits per heavy atom. The summed E-state index contributed by atoms with van der Waals surface area (Å²) in [6.45, 7) is 0.533. The Labute approximate surface area is 140 Å². The summed E-state index contributed by atoms with van der Waals surface area (Å²) in [6, 6.07) is 7.57. The summed E-state index contributed by atoms with van der Waals surface area (Å²) >= 11 is 0. The van der Waals surface area contributed by atoms with E-state index in [9.17, 15) is 13.2 Å². The number of alkyl halides is 3. The number of hydrogen-bond donors (Lipinski definition) is 1. The molecular formula is C17H13F3N4O. The number of nitrogens with one attached hydrogen (secondary N) is 1. The fourth-order valence-corrected chi connectivity index (χ4v) is 2.95. The SMILES string of the molecule is FC(F)(F)c1c[nH]c2ncnc(/N=C\C3CCOc4ccccc43)c12. The van der Waals surface area contributed by atoms with Crippen LogP contribution in [0.25, 0.3) is 11.0 Å². The number of benzene rings is 1. The van der Waals surface area contributed by atoms with Gasteiger partial charge in [0.2, 0.25) is 0 Å². The van der Waals surface area contributed by atoms with Crippen LogP contribution < -0.4 is 4.74 Å². The predicted molar refractivity (Wildman–Crippen MR) is 86.3 cm³/mol. The number of hydrogen-bond acceptors (Lipinski definition) is 4. The topological polar surface area (TPSA) is 63.2 Å². The first-order valence-corrected chi connectivity index (χ1v) is 7.69. The van der Waals surface area contributed by atoms with Gasteiger partial charge in [-0.15, -0.1) is 0 Å². The maximum atomic E-state index is 13.2. The molecule has 0 saturated heterocycles. The average Bonchev–Trinajstić information content (AvgIpc) is 3.05. The lowest BCUT2D eigenvalue weighted by atomic mass is 9.94. The number of nitrogens with zero attached hydrogens (tertiary/aromatic N) is 3. The van der Waals surface area contributed by atoms with Gasteiger partial charge in [0.1, 0.15) is 17.7 Å².